The van der Waals surface area contributed by atoms with Crippen molar-refractivity contribution in [3.8, 4) is 11.4 Å². The van der Waals surface area contributed by atoms with Gasteiger partial charge in [-0.15, -0.1) is 0 Å². The van der Waals surface area contributed by atoms with E-state index in [1.807, 2.05) is 13.8 Å². The number of anilines is 1. The predicted octanol–water partition coefficient (Wildman–Crippen LogP) is 4.10. The van der Waals surface area contributed by atoms with Gasteiger partial charge in [0.1, 0.15) is 0 Å². The maximum Gasteiger partial charge on any atom is 0.253 e. The van der Waals surface area contributed by atoms with Crippen molar-refractivity contribution in [1.29, 1.82) is 0 Å². The van der Waals surface area contributed by atoms with E-state index in [1.54, 1.807) is 48.5 Å². The molecule has 2 amide bonds. The van der Waals surface area contributed by atoms with E-state index in [4.69, 9.17) is 16.1 Å². The number of rotatable bonds is 7. The third kappa shape index (κ3) is 5.65. The van der Waals surface area contributed by atoms with Gasteiger partial charge in [-0.3, -0.25) is 9.59 Å². The molecule has 0 unspecified atom stereocenters. The van der Waals surface area contributed by atoms with Crippen LogP contribution in [0.1, 0.15) is 36.5 Å². The number of nitrogens with zero attached hydrogens (tertiary/aromatic N) is 2. The fourth-order valence-electron chi connectivity index (χ4n) is 2.64. The van der Waals surface area contributed by atoms with Crippen LogP contribution in [0.3, 0.4) is 0 Å². The molecule has 1 aromatic heterocycles. The maximum absolute atomic E-state index is 12.3. The Bertz CT molecular complexity index is 999. The predicted molar refractivity (Wildman–Crippen MR) is 111 cm³/mol. The van der Waals surface area contributed by atoms with Gasteiger partial charge in [-0.2, -0.15) is 4.98 Å². The Balaban J connectivity index is 1.60. The van der Waals surface area contributed by atoms with Crippen LogP contribution in [-0.4, -0.2) is 28.0 Å². The summed E-state index contributed by atoms with van der Waals surface area (Å²) in [6, 6.07) is 14.0. The lowest BCUT2D eigenvalue weighted by molar-refractivity contribution is -0.116. The molecule has 0 aliphatic rings. The van der Waals surface area contributed by atoms with E-state index in [1.165, 1.54) is 0 Å². The standard InChI is InChI=1S/C21H21ClN4O3/c1-13(2)23-21(28)16-5-3-4-6-17(16)24-18(27)11-12-19-25-20(26-29-19)14-7-9-15(22)10-8-14/h3-10,13H,11-12H2,1-2H3,(H,23,28)(H,24,27). The first-order chi connectivity index (χ1) is 13.9. The van der Waals surface area contributed by atoms with Crippen LogP contribution in [-0.2, 0) is 11.2 Å². The first-order valence-electron chi connectivity index (χ1n) is 9.20. The number of benzene rings is 2. The number of aryl methyl sites for hydroxylation is 1. The van der Waals surface area contributed by atoms with Crippen LogP contribution in [0.4, 0.5) is 5.69 Å². The second kappa shape index (κ2) is 9.34. The van der Waals surface area contributed by atoms with Crippen LogP contribution < -0.4 is 10.6 Å². The van der Waals surface area contributed by atoms with Crippen molar-refractivity contribution in [2.75, 3.05) is 5.32 Å². The third-order valence-corrected chi connectivity index (χ3v) is 4.25. The van der Waals surface area contributed by atoms with Crippen molar-refractivity contribution in [3.05, 3.63) is 65.0 Å². The average Bonchev–Trinajstić information content (AvgIpc) is 3.16. The van der Waals surface area contributed by atoms with Crippen LogP contribution in [0, 0.1) is 0 Å². The molecule has 0 fully saturated rings. The normalized spacial score (nSPS) is 10.8. The topological polar surface area (TPSA) is 97.1 Å². The molecule has 0 atom stereocenters. The van der Waals surface area contributed by atoms with Gasteiger partial charge in [0.15, 0.2) is 0 Å². The minimum absolute atomic E-state index is 0.00128. The summed E-state index contributed by atoms with van der Waals surface area (Å²) >= 11 is 5.88. The van der Waals surface area contributed by atoms with Crippen LogP contribution in [0.25, 0.3) is 11.4 Å². The van der Waals surface area contributed by atoms with Crippen molar-refractivity contribution in [2.24, 2.45) is 0 Å². The van der Waals surface area contributed by atoms with E-state index < -0.39 is 0 Å². The molecule has 3 rings (SSSR count). The molecule has 0 saturated carbocycles. The lowest BCUT2D eigenvalue weighted by atomic mass is 10.1. The van der Waals surface area contributed by atoms with Crippen molar-refractivity contribution < 1.29 is 14.1 Å². The van der Waals surface area contributed by atoms with Crippen molar-refractivity contribution >= 4 is 29.1 Å². The summed E-state index contributed by atoms with van der Waals surface area (Å²) in [7, 11) is 0. The fourth-order valence-corrected chi connectivity index (χ4v) is 2.76. The van der Waals surface area contributed by atoms with Gasteiger partial charge in [0, 0.05) is 29.5 Å². The lowest BCUT2D eigenvalue weighted by Gasteiger charge is -2.12. The molecule has 0 saturated heterocycles. The van der Waals surface area contributed by atoms with E-state index >= 15 is 0 Å². The first kappa shape index (κ1) is 20.5. The highest BCUT2D eigenvalue weighted by Gasteiger charge is 2.15. The van der Waals surface area contributed by atoms with Crippen molar-refractivity contribution in [3.63, 3.8) is 0 Å². The lowest BCUT2D eigenvalue weighted by Crippen LogP contribution is -2.31. The first-order valence-corrected chi connectivity index (χ1v) is 9.58. The fraction of sp³-hybridized carbons (Fsp3) is 0.238. The van der Waals surface area contributed by atoms with Gasteiger partial charge in [-0.25, -0.2) is 0 Å². The number of carbonyl (C=O) groups excluding carboxylic acids is 2. The molecular formula is C21H21ClN4O3. The monoisotopic (exact) mass is 412 g/mol. The van der Waals surface area contributed by atoms with Crippen molar-refractivity contribution in [2.45, 2.75) is 32.7 Å². The summed E-state index contributed by atoms with van der Waals surface area (Å²) in [5.41, 5.74) is 1.65. The highest BCUT2D eigenvalue weighted by molar-refractivity contribution is 6.30. The van der Waals surface area contributed by atoms with Gasteiger partial charge in [-0.05, 0) is 50.2 Å². The molecule has 1 heterocycles. The minimum atomic E-state index is -0.249. The molecule has 0 radical (unpaired) electrons. The Labute approximate surface area is 173 Å². The Kier molecular flexibility index (Phi) is 6.61. The third-order valence-electron chi connectivity index (χ3n) is 4.00. The zero-order valence-corrected chi connectivity index (χ0v) is 16.9. The number of carbonyl (C=O) groups is 2. The van der Waals surface area contributed by atoms with Crippen LogP contribution in [0.15, 0.2) is 53.1 Å². The molecule has 0 aliphatic carbocycles. The molecule has 7 nitrogen and oxygen atoms in total. The smallest absolute Gasteiger partial charge is 0.253 e. The highest BCUT2D eigenvalue weighted by atomic mass is 35.5. The second-order valence-corrected chi connectivity index (χ2v) is 7.18. The minimum Gasteiger partial charge on any atom is -0.350 e. The molecule has 2 N–H and O–H groups in total. The summed E-state index contributed by atoms with van der Waals surface area (Å²) in [4.78, 5) is 28.9. The molecule has 8 heteroatoms. The molecule has 150 valence electrons. The number of para-hydroxylation sites is 1. The molecule has 3 aromatic rings. The van der Waals surface area contributed by atoms with E-state index in [0.717, 1.165) is 5.56 Å². The van der Waals surface area contributed by atoms with Gasteiger partial charge < -0.3 is 15.2 Å². The Hall–Kier alpha value is -3.19. The van der Waals surface area contributed by atoms with E-state index in [0.29, 0.717) is 28.0 Å². The zero-order valence-electron chi connectivity index (χ0n) is 16.1. The Morgan fingerprint density at radius 2 is 1.83 bits per heavy atom. The number of amides is 2. The van der Waals surface area contributed by atoms with Crippen LogP contribution in [0.5, 0.6) is 0 Å². The SMILES string of the molecule is CC(C)NC(=O)c1ccccc1NC(=O)CCc1nc(-c2ccc(Cl)cc2)no1. The number of hydrogen-bond acceptors (Lipinski definition) is 5. The molecule has 0 spiro atoms. The molecule has 2 aromatic carbocycles. The Morgan fingerprint density at radius 1 is 1.10 bits per heavy atom. The summed E-state index contributed by atoms with van der Waals surface area (Å²) < 4.78 is 5.22. The largest absolute Gasteiger partial charge is 0.350 e. The summed E-state index contributed by atoms with van der Waals surface area (Å²) in [6.45, 7) is 3.75. The molecular weight excluding hydrogens is 392 g/mol. The van der Waals surface area contributed by atoms with Crippen LogP contribution >= 0.6 is 11.6 Å². The van der Waals surface area contributed by atoms with Crippen molar-refractivity contribution in [1.82, 2.24) is 15.5 Å². The second-order valence-electron chi connectivity index (χ2n) is 6.74. The number of hydrogen-bond donors (Lipinski definition) is 2. The van der Waals surface area contributed by atoms with Crippen LogP contribution in [0.2, 0.25) is 5.02 Å². The molecule has 29 heavy (non-hydrogen) atoms. The van der Waals surface area contributed by atoms with Gasteiger partial charge in [0.2, 0.25) is 17.6 Å². The van der Waals surface area contributed by atoms with E-state index in [-0.39, 0.29) is 30.7 Å². The zero-order chi connectivity index (χ0) is 20.8. The summed E-state index contributed by atoms with van der Waals surface area (Å²) in [5.74, 6) is 0.310. The number of halogens is 1. The summed E-state index contributed by atoms with van der Waals surface area (Å²) in [6.07, 6.45) is 0.426. The van der Waals surface area contributed by atoms with E-state index in [2.05, 4.69) is 20.8 Å². The number of aromatic nitrogens is 2. The molecule has 0 bridgehead atoms. The molecule has 0 aliphatic heterocycles. The van der Waals surface area contributed by atoms with E-state index in [9.17, 15) is 9.59 Å². The average molecular weight is 413 g/mol. The maximum atomic E-state index is 12.3. The van der Waals surface area contributed by atoms with Gasteiger partial charge in [-0.1, -0.05) is 28.9 Å². The van der Waals surface area contributed by atoms with Gasteiger partial charge in [0.25, 0.3) is 5.91 Å². The quantitative estimate of drug-likeness (QED) is 0.608. The van der Waals surface area contributed by atoms with Gasteiger partial charge in [0.05, 0.1) is 11.3 Å². The Morgan fingerprint density at radius 3 is 2.55 bits per heavy atom. The highest BCUT2D eigenvalue weighted by Crippen LogP contribution is 2.19. The number of nitrogens with one attached hydrogen (secondary N) is 2. The van der Waals surface area contributed by atoms with Gasteiger partial charge >= 0.3 is 0 Å². The summed E-state index contributed by atoms with van der Waals surface area (Å²) in [5, 5.41) is 10.1.